The third-order valence-electron chi connectivity index (χ3n) is 6.76. The summed E-state index contributed by atoms with van der Waals surface area (Å²) in [5, 5.41) is 27.2. The molecule has 8 nitrogen and oxygen atoms in total. The van der Waals surface area contributed by atoms with Crippen molar-refractivity contribution in [3.63, 3.8) is 0 Å². The van der Waals surface area contributed by atoms with Gasteiger partial charge in [0.25, 0.3) is 0 Å². The molecule has 4 atom stereocenters. The lowest BCUT2D eigenvalue weighted by Crippen LogP contribution is -2.34. The predicted octanol–water partition coefficient (Wildman–Crippen LogP) is 2.29. The molecule has 8 heteroatoms. The second-order valence-corrected chi connectivity index (χ2v) is 8.87. The van der Waals surface area contributed by atoms with Gasteiger partial charge in [-0.25, -0.2) is 9.97 Å². The Bertz CT molecular complexity index is 1270. The van der Waals surface area contributed by atoms with Crippen molar-refractivity contribution >= 4 is 28.2 Å². The molecule has 0 unspecified atom stereocenters. The average Bonchev–Trinajstić information content (AvgIpc) is 3.28. The van der Waals surface area contributed by atoms with Gasteiger partial charge < -0.3 is 21.7 Å². The number of aliphatic hydroxyl groups excluding tert-OH is 2. The Morgan fingerprint density at radius 3 is 2.81 bits per heavy atom. The first-order chi connectivity index (χ1) is 14.9. The Morgan fingerprint density at radius 1 is 1.16 bits per heavy atom. The van der Waals surface area contributed by atoms with Gasteiger partial charge in [-0.05, 0) is 54.5 Å². The van der Waals surface area contributed by atoms with Gasteiger partial charge in [-0.1, -0.05) is 19.1 Å². The van der Waals surface area contributed by atoms with Crippen molar-refractivity contribution in [3.8, 4) is 0 Å². The van der Waals surface area contributed by atoms with Gasteiger partial charge in [0.1, 0.15) is 11.6 Å². The fourth-order valence-corrected chi connectivity index (χ4v) is 4.87. The average molecular weight is 419 g/mol. The molecule has 31 heavy (non-hydrogen) atoms. The van der Waals surface area contributed by atoms with Gasteiger partial charge in [-0.2, -0.15) is 9.61 Å². The molecule has 1 aliphatic carbocycles. The number of aryl methyl sites for hydroxylation is 1. The zero-order valence-corrected chi connectivity index (χ0v) is 17.3. The first-order valence-corrected chi connectivity index (χ1v) is 10.5. The molecule has 6 N–H and O–H groups in total. The van der Waals surface area contributed by atoms with Crippen molar-refractivity contribution in [2.24, 2.45) is 5.41 Å². The van der Waals surface area contributed by atoms with E-state index in [4.69, 9.17) is 11.5 Å². The van der Waals surface area contributed by atoms with E-state index in [9.17, 15) is 10.2 Å². The highest BCUT2D eigenvalue weighted by Gasteiger charge is 2.50. The largest absolute Gasteiger partial charge is 0.390 e. The Balaban J connectivity index is 1.39. The Labute approximate surface area is 179 Å². The summed E-state index contributed by atoms with van der Waals surface area (Å²) in [6, 6.07) is 11.6. The maximum atomic E-state index is 10.9. The maximum Gasteiger partial charge on any atom is 0.160 e. The van der Waals surface area contributed by atoms with Gasteiger partial charge in [0, 0.05) is 23.1 Å². The molecule has 0 spiro atoms. The number of hydrogen-bond donors (Lipinski definition) is 4. The fourth-order valence-electron chi connectivity index (χ4n) is 4.87. The molecule has 0 saturated heterocycles. The van der Waals surface area contributed by atoms with E-state index in [0.717, 1.165) is 34.9 Å². The zero-order chi connectivity index (χ0) is 21.8. The molecule has 1 aromatic carbocycles. The molecule has 5 rings (SSSR count). The second-order valence-electron chi connectivity index (χ2n) is 8.87. The number of nitrogens with zero attached hydrogens (tertiary/aromatic N) is 4. The van der Waals surface area contributed by atoms with E-state index in [0.29, 0.717) is 23.7 Å². The quantitative estimate of drug-likeness (QED) is 0.399. The molecule has 0 bridgehead atoms. The predicted molar refractivity (Wildman–Crippen MR) is 119 cm³/mol. The van der Waals surface area contributed by atoms with Crippen LogP contribution in [0.3, 0.4) is 0 Å². The minimum atomic E-state index is -0.890. The lowest BCUT2D eigenvalue weighted by Gasteiger charge is -2.28. The van der Waals surface area contributed by atoms with Crippen LogP contribution in [-0.4, -0.2) is 42.0 Å². The number of pyridine rings is 1. The molecule has 0 radical (unpaired) electrons. The number of nitrogen functional groups attached to an aromatic ring is 2. The maximum absolute atomic E-state index is 10.9. The minimum absolute atomic E-state index is 0.259. The van der Waals surface area contributed by atoms with Crippen molar-refractivity contribution < 1.29 is 10.2 Å². The van der Waals surface area contributed by atoms with Crippen LogP contribution in [0.25, 0.3) is 16.6 Å². The summed E-state index contributed by atoms with van der Waals surface area (Å²) in [6.07, 6.45) is 3.72. The first-order valence-electron chi connectivity index (χ1n) is 10.5. The van der Waals surface area contributed by atoms with Crippen molar-refractivity contribution in [1.29, 1.82) is 0 Å². The molecule has 3 aromatic heterocycles. The number of fused-ring (bicyclic) bond motifs is 2. The highest BCUT2D eigenvalue weighted by molar-refractivity contribution is 5.80. The number of anilines is 2. The van der Waals surface area contributed by atoms with Crippen LogP contribution in [0.5, 0.6) is 0 Å². The number of aromatic nitrogens is 4. The van der Waals surface area contributed by atoms with E-state index in [-0.39, 0.29) is 5.92 Å². The summed E-state index contributed by atoms with van der Waals surface area (Å²) in [5.41, 5.74) is 14.8. The van der Waals surface area contributed by atoms with Gasteiger partial charge in [-0.3, -0.25) is 0 Å². The van der Waals surface area contributed by atoms with Gasteiger partial charge in [0.05, 0.1) is 23.9 Å². The van der Waals surface area contributed by atoms with Crippen LogP contribution in [0.1, 0.15) is 36.8 Å². The first kappa shape index (κ1) is 19.7. The fraction of sp³-hybridized carbons (Fsp3) is 0.348. The summed E-state index contributed by atoms with van der Waals surface area (Å²) < 4.78 is 1.57. The van der Waals surface area contributed by atoms with Crippen LogP contribution in [0, 0.1) is 5.41 Å². The van der Waals surface area contributed by atoms with E-state index in [2.05, 4.69) is 21.1 Å². The Morgan fingerprint density at radius 2 is 1.97 bits per heavy atom. The van der Waals surface area contributed by atoms with Gasteiger partial charge in [0.2, 0.25) is 0 Å². The zero-order valence-electron chi connectivity index (χ0n) is 17.3. The summed E-state index contributed by atoms with van der Waals surface area (Å²) in [7, 11) is 0. The summed E-state index contributed by atoms with van der Waals surface area (Å²) in [5.74, 6) is 0.721. The van der Waals surface area contributed by atoms with Crippen LogP contribution >= 0.6 is 0 Å². The van der Waals surface area contributed by atoms with Gasteiger partial charge in [-0.15, -0.1) is 0 Å². The number of aliphatic hydroxyl groups is 2. The third-order valence-corrected chi connectivity index (χ3v) is 6.76. The lowest BCUT2D eigenvalue weighted by atomic mass is 9.79. The lowest BCUT2D eigenvalue weighted by molar-refractivity contribution is -0.0201. The Hall–Kier alpha value is -3.23. The van der Waals surface area contributed by atoms with Crippen LogP contribution in [-0.2, 0) is 6.42 Å². The van der Waals surface area contributed by atoms with E-state index in [1.54, 1.807) is 29.0 Å². The molecule has 160 valence electrons. The number of hydrogen-bond acceptors (Lipinski definition) is 7. The minimum Gasteiger partial charge on any atom is -0.390 e. The van der Waals surface area contributed by atoms with Crippen molar-refractivity contribution in [2.75, 3.05) is 11.5 Å². The van der Waals surface area contributed by atoms with Crippen molar-refractivity contribution in [1.82, 2.24) is 19.6 Å². The van der Waals surface area contributed by atoms with Gasteiger partial charge in [0.15, 0.2) is 5.65 Å². The molecular weight excluding hydrogens is 392 g/mol. The van der Waals surface area contributed by atoms with Crippen LogP contribution < -0.4 is 11.5 Å². The standard InChI is InChI=1S/C23H26N6O2/c1-23(8-6-13-2-3-14-4-5-18(24)28-17(14)10-13)11-15(20(30)21(23)31)16-12-27-29-19(25)7-9-26-22(16)29/h2-5,7,9-10,12,15,20-21,30-31H,6,8,11,25H2,1H3,(H2,24,28)/t15-,20-,21-,23-/m0/s1. The summed E-state index contributed by atoms with van der Waals surface area (Å²) in [4.78, 5) is 8.80. The molecule has 1 fully saturated rings. The molecule has 4 aromatic rings. The van der Waals surface area contributed by atoms with E-state index < -0.39 is 17.6 Å². The summed E-state index contributed by atoms with van der Waals surface area (Å²) >= 11 is 0. The van der Waals surface area contributed by atoms with Crippen LogP contribution in [0.2, 0.25) is 0 Å². The number of nitrogens with two attached hydrogens (primary N) is 2. The molecule has 0 amide bonds. The molecule has 3 heterocycles. The second kappa shape index (κ2) is 7.18. The third kappa shape index (κ3) is 3.28. The monoisotopic (exact) mass is 418 g/mol. The normalized spacial score (nSPS) is 26.1. The smallest absolute Gasteiger partial charge is 0.160 e. The number of benzene rings is 1. The van der Waals surface area contributed by atoms with E-state index >= 15 is 0 Å². The van der Waals surface area contributed by atoms with Gasteiger partial charge >= 0.3 is 0 Å². The van der Waals surface area contributed by atoms with Crippen molar-refractivity contribution in [3.05, 3.63) is 59.9 Å². The van der Waals surface area contributed by atoms with Crippen LogP contribution in [0.15, 0.2) is 48.8 Å². The Kier molecular flexibility index (Phi) is 4.56. The molecule has 1 saturated carbocycles. The molecule has 0 aliphatic heterocycles. The van der Waals surface area contributed by atoms with Crippen LogP contribution in [0.4, 0.5) is 11.6 Å². The topological polar surface area (TPSA) is 136 Å². The highest BCUT2D eigenvalue weighted by Crippen LogP contribution is 2.50. The SMILES string of the molecule is C[C@]1(CCc2ccc3ccc(N)nc3c2)C[C@@H](c2cnn3c(N)ccnc23)[C@H](O)[C@@H]1O. The number of rotatable bonds is 4. The molecule has 1 aliphatic rings. The summed E-state index contributed by atoms with van der Waals surface area (Å²) in [6.45, 7) is 2.03. The van der Waals surface area contributed by atoms with E-state index in [1.165, 1.54) is 0 Å². The van der Waals surface area contributed by atoms with Crippen molar-refractivity contribution in [2.45, 2.75) is 44.3 Å². The molecular formula is C23H26N6O2. The highest BCUT2D eigenvalue weighted by atomic mass is 16.3. The van der Waals surface area contributed by atoms with E-state index in [1.807, 2.05) is 25.1 Å².